The van der Waals surface area contributed by atoms with Crippen LogP contribution in [0.3, 0.4) is 0 Å². The molecular formula is C7H4BrF3IN. The number of hydrogen-bond donors (Lipinski definition) is 1. The molecular weight excluding hydrogens is 362 g/mol. The van der Waals surface area contributed by atoms with E-state index < -0.39 is 11.7 Å². The van der Waals surface area contributed by atoms with Gasteiger partial charge < -0.3 is 5.73 Å². The van der Waals surface area contributed by atoms with Gasteiger partial charge in [-0.3, -0.25) is 0 Å². The van der Waals surface area contributed by atoms with Crippen LogP contribution in [0.2, 0.25) is 0 Å². The zero-order valence-corrected chi connectivity index (χ0v) is 9.87. The van der Waals surface area contributed by atoms with E-state index in [1.165, 1.54) is 12.1 Å². The molecule has 0 bridgehead atoms. The Morgan fingerprint density at radius 3 is 2.23 bits per heavy atom. The first-order valence-electron chi connectivity index (χ1n) is 3.14. The third kappa shape index (κ3) is 2.49. The van der Waals surface area contributed by atoms with Gasteiger partial charge in [-0.25, -0.2) is 0 Å². The summed E-state index contributed by atoms with van der Waals surface area (Å²) < 4.78 is 37.2. The summed E-state index contributed by atoms with van der Waals surface area (Å²) in [4.78, 5) is 0. The number of rotatable bonds is 0. The molecule has 6 heteroatoms. The van der Waals surface area contributed by atoms with Crippen LogP contribution in [-0.4, -0.2) is 0 Å². The van der Waals surface area contributed by atoms with Gasteiger partial charge in [0.25, 0.3) is 0 Å². The van der Waals surface area contributed by atoms with Crippen LogP contribution in [0, 0.1) is 3.57 Å². The Labute approximate surface area is 94.8 Å². The summed E-state index contributed by atoms with van der Waals surface area (Å²) >= 11 is 4.44. The Bertz CT molecular complexity index is 314. The standard InChI is InChI=1S/C7H4BrF3IN/c8-4-1-3(13)2-5(12)6(4)7(9,10)11/h1-2H,13H2. The second-order valence-electron chi connectivity index (χ2n) is 2.36. The molecule has 0 aliphatic heterocycles. The van der Waals surface area contributed by atoms with Crippen molar-refractivity contribution in [3.8, 4) is 0 Å². The van der Waals surface area contributed by atoms with Crippen LogP contribution in [0.4, 0.5) is 18.9 Å². The summed E-state index contributed by atoms with van der Waals surface area (Å²) in [5.74, 6) is 0. The summed E-state index contributed by atoms with van der Waals surface area (Å²) in [6, 6.07) is 2.53. The topological polar surface area (TPSA) is 26.0 Å². The Hall–Kier alpha value is 0.0200. The molecule has 0 fully saturated rings. The fourth-order valence-electron chi connectivity index (χ4n) is 0.864. The normalized spacial score (nSPS) is 11.8. The average molecular weight is 366 g/mol. The lowest BCUT2D eigenvalue weighted by Gasteiger charge is -2.11. The van der Waals surface area contributed by atoms with Crippen molar-refractivity contribution >= 4 is 44.2 Å². The van der Waals surface area contributed by atoms with Crippen LogP contribution in [0.1, 0.15) is 5.56 Å². The smallest absolute Gasteiger partial charge is 0.399 e. The number of alkyl halides is 3. The largest absolute Gasteiger partial charge is 0.418 e. The molecule has 0 aliphatic rings. The van der Waals surface area contributed by atoms with Gasteiger partial charge in [-0.15, -0.1) is 0 Å². The molecule has 2 N–H and O–H groups in total. The highest BCUT2D eigenvalue weighted by atomic mass is 127. The number of nitrogen functional groups attached to an aromatic ring is 1. The highest BCUT2D eigenvalue weighted by Gasteiger charge is 2.35. The summed E-state index contributed by atoms with van der Waals surface area (Å²) in [6.45, 7) is 0. The van der Waals surface area contributed by atoms with Crippen LogP contribution in [0.15, 0.2) is 16.6 Å². The molecule has 1 aromatic carbocycles. The Kier molecular flexibility index (Phi) is 3.11. The zero-order chi connectivity index (χ0) is 10.2. The number of benzene rings is 1. The van der Waals surface area contributed by atoms with Crippen molar-refractivity contribution < 1.29 is 13.2 Å². The van der Waals surface area contributed by atoms with E-state index in [1.807, 2.05) is 0 Å². The minimum absolute atomic E-state index is 0.0237. The third-order valence-electron chi connectivity index (χ3n) is 1.35. The minimum atomic E-state index is -4.34. The molecule has 0 saturated heterocycles. The average Bonchev–Trinajstić information content (AvgIpc) is 1.78. The molecule has 13 heavy (non-hydrogen) atoms. The molecule has 1 nitrogen and oxygen atoms in total. The predicted octanol–water partition coefficient (Wildman–Crippen LogP) is 3.65. The number of hydrogen-bond acceptors (Lipinski definition) is 1. The maximum absolute atomic E-state index is 12.4. The molecule has 0 radical (unpaired) electrons. The van der Waals surface area contributed by atoms with Gasteiger partial charge in [-0.1, -0.05) is 15.9 Å². The van der Waals surface area contributed by atoms with E-state index in [1.54, 1.807) is 22.6 Å². The lowest BCUT2D eigenvalue weighted by molar-refractivity contribution is -0.138. The zero-order valence-electron chi connectivity index (χ0n) is 6.12. The first-order valence-corrected chi connectivity index (χ1v) is 5.01. The van der Waals surface area contributed by atoms with E-state index in [0.717, 1.165) is 0 Å². The van der Waals surface area contributed by atoms with E-state index in [2.05, 4.69) is 15.9 Å². The molecule has 0 spiro atoms. The van der Waals surface area contributed by atoms with Crippen LogP contribution in [-0.2, 0) is 6.18 Å². The van der Waals surface area contributed by atoms with Crippen molar-refractivity contribution in [1.29, 1.82) is 0 Å². The first-order chi connectivity index (χ1) is 5.82. The van der Waals surface area contributed by atoms with E-state index in [4.69, 9.17) is 5.73 Å². The van der Waals surface area contributed by atoms with Crippen molar-refractivity contribution in [2.75, 3.05) is 5.73 Å². The van der Waals surface area contributed by atoms with Crippen molar-refractivity contribution in [2.24, 2.45) is 0 Å². The predicted molar refractivity (Wildman–Crippen MR) is 56.3 cm³/mol. The Morgan fingerprint density at radius 2 is 1.85 bits per heavy atom. The fraction of sp³-hybridized carbons (Fsp3) is 0.143. The van der Waals surface area contributed by atoms with E-state index in [-0.39, 0.29) is 8.04 Å². The van der Waals surface area contributed by atoms with Gasteiger partial charge in [0.15, 0.2) is 0 Å². The molecule has 0 amide bonds. The summed E-state index contributed by atoms with van der Waals surface area (Å²) in [5, 5.41) is 0. The van der Waals surface area contributed by atoms with Gasteiger partial charge in [0, 0.05) is 13.7 Å². The van der Waals surface area contributed by atoms with E-state index >= 15 is 0 Å². The number of anilines is 1. The second kappa shape index (κ2) is 3.64. The molecule has 0 aromatic heterocycles. The Morgan fingerprint density at radius 1 is 1.31 bits per heavy atom. The van der Waals surface area contributed by atoms with Gasteiger partial charge in [-0.2, -0.15) is 13.2 Å². The van der Waals surface area contributed by atoms with Crippen molar-refractivity contribution in [3.05, 3.63) is 25.7 Å². The number of nitrogens with two attached hydrogens (primary N) is 1. The van der Waals surface area contributed by atoms with Crippen molar-refractivity contribution in [1.82, 2.24) is 0 Å². The van der Waals surface area contributed by atoms with Crippen LogP contribution < -0.4 is 5.73 Å². The highest BCUT2D eigenvalue weighted by molar-refractivity contribution is 14.1. The highest BCUT2D eigenvalue weighted by Crippen LogP contribution is 2.38. The summed E-state index contributed by atoms with van der Waals surface area (Å²) in [5.41, 5.74) is 5.00. The van der Waals surface area contributed by atoms with E-state index in [9.17, 15) is 13.2 Å². The second-order valence-corrected chi connectivity index (χ2v) is 4.37. The molecule has 0 saturated carbocycles. The fourth-order valence-corrected chi connectivity index (χ4v) is 2.89. The molecule has 0 unspecified atom stereocenters. The number of halogens is 5. The quantitative estimate of drug-likeness (QED) is 0.551. The lowest BCUT2D eigenvalue weighted by atomic mass is 10.2. The minimum Gasteiger partial charge on any atom is -0.399 e. The maximum atomic E-state index is 12.4. The molecule has 0 aliphatic carbocycles. The first kappa shape index (κ1) is 11.1. The van der Waals surface area contributed by atoms with Gasteiger partial charge in [0.1, 0.15) is 0 Å². The van der Waals surface area contributed by atoms with Gasteiger partial charge >= 0.3 is 6.18 Å². The molecule has 0 heterocycles. The summed E-state index contributed by atoms with van der Waals surface area (Å²) in [7, 11) is 0. The monoisotopic (exact) mass is 365 g/mol. The Balaban J connectivity index is 3.38. The maximum Gasteiger partial charge on any atom is 0.418 e. The van der Waals surface area contributed by atoms with Crippen LogP contribution in [0.5, 0.6) is 0 Å². The van der Waals surface area contributed by atoms with Gasteiger partial charge in [0.2, 0.25) is 0 Å². The molecule has 72 valence electrons. The third-order valence-corrected chi connectivity index (χ3v) is 2.82. The van der Waals surface area contributed by atoms with Gasteiger partial charge in [-0.05, 0) is 34.7 Å². The lowest BCUT2D eigenvalue weighted by Crippen LogP contribution is -2.09. The SMILES string of the molecule is Nc1cc(Br)c(C(F)(F)F)c(I)c1. The molecule has 1 rings (SSSR count). The van der Waals surface area contributed by atoms with Crippen LogP contribution in [0.25, 0.3) is 0 Å². The van der Waals surface area contributed by atoms with Gasteiger partial charge in [0.05, 0.1) is 5.56 Å². The molecule has 1 aromatic rings. The van der Waals surface area contributed by atoms with Crippen LogP contribution >= 0.6 is 38.5 Å². The van der Waals surface area contributed by atoms with Crippen molar-refractivity contribution in [2.45, 2.75) is 6.18 Å². The summed E-state index contributed by atoms with van der Waals surface area (Å²) in [6.07, 6.45) is -4.34. The molecule has 0 atom stereocenters. The van der Waals surface area contributed by atoms with Crippen molar-refractivity contribution in [3.63, 3.8) is 0 Å². The van der Waals surface area contributed by atoms with E-state index in [0.29, 0.717) is 5.69 Å².